The summed E-state index contributed by atoms with van der Waals surface area (Å²) in [5.74, 6) is -4.75. The third-order valence-corrected chi connectivity index (χ3v) is 4.15. The van der Waals surface area contributed by atoms with Crippen molar-refractivity contribution in [2.24, 2.45) is 0 Å². The molecule has 0 saturated heterocycles. The highest BCUT2D eigenvalue weighted by molar-refractivity contribution is 5.96. The second-order valence-electron chi connectivity index (χ2n) is 6.23. The zero-order chi connectivity index (χ0) is 18.7. The molecule has 1 aromatic carbocycles. The smallest absolute Gasteiger partial charge is 0.350 e. The molecule has 25 heavy (non-hydrogen) atoms. The van der Waals surface area contributed by atoms with Crippen LogP contribution in [0.1, 0.15) is 58.3 Å². The van der Waals surface area contributed by atoms with E-state index < -0.39 is 17.9 Å². The fourth-order valence-corrected chi connectivity index (χ4v) is 2.52. The molecule has 142 valence electrons. The lowest BCUT2D eigenvalue weighted by molar-refractivity contribution is -0.158. The number of aliphatic hydroxyl groups excluding tert-OH is 1. The molecule has 2 N–H and O–H groups in total. The van der Waals surface area contributed by atoms with Gasteiger partial charge in [0.25, 0.3) is 5.91 Å². The summed E-state index contributed by atoms with van der Waals surface area (Å²) in [6.07, 6.45) is 4.77. The molecule has 1 atom stereocenters. The molecular formula is C19H29F2NO3. The third kappa shape index (κ3) is 7.38. The lowest BCUT2D eigenvalue weighted by Crippen LogP contribution is -2.45. The molecule has 1 amide bonds. The standard InChI is InChI=1S/C19H29F2NO3/c1-3-4-5-6-7-8-9-10-17(23)19(20,21)18(24)22-15-11-13-16(25-2)14-12-15/h11-14,17,23H,3-10H2,1-2H3,(H,22,24). The summed E-state index contributed by atoms with van der Waals surface area (Å²) in [4.78, 5) is 11.8. The average molecular weight is 357 g/mol. The minimum atomic E-state index is -3.82. The van der Waals surface area contributed by atoms with Crippen LogP contribution in [0.4, 0.5) is 14.5 Å². The highest BCUT2D eigenvalue weighted by Gasteiger charge is 2.46. The lowest BCUT2D eigenvalue weighted by Gasteiger charge is -2.21. The number of hydrogen-bond acceptors (Lipinski definition) is 3. The maximum Gasteiger partial charge on any atom is 0.350 e. The first-order chi connectivity index (χ1) is 11.9. The van der Waals surface area contributed by atoms with Gasteiger partial charge in [0.2, 0.25) is 0 Å². The normalized spacial score (nSPS) is 12.7. The molecule has 0 radical (unpaired) electrons. The van der Waals surface area contributed by atoms with E-state index in [1.807, 2.05) is 0 Å². The zero-order valence-electron chi connectivity index (χ0n) is 15.1. The van der Waals surface area contributed by atoms with Crippen molar-refractivity contribution in [3.63, 3.8) is 0 Å². The quantitative estimate of drug-likeness (QED) is 0.530. The number of methoxy groups -OCH3 is 1. The van der Waals surface area contributed by atoms with Gasteiger partial charge in [0.05, 0.1) is 7.11 Å². The highest BCUT2D eigenvalue weighted by Crippen LogP contribution is 2.26. The molecule has 6 heteroatoms. The molecule has 1 rings (SSSR count). The Bertz CT molecular complexity index is 506. The van der Waals surface area contributed by atoms with E-state index >= 15 is 0 Å². The molecule has 4 nitrogen and oxygen atoms in total. The molecule has 0 aliphatic carbocycles. The molecule has 0 aromatic heterocycles. The molecule has 0 aliphatic heterocycles. The Balaban J connectivity index is 2.38. The summed E-state index contributed by atoms with van der Waals surface area (Å²) in [7, 11) is 1.49. The van der Waals surface area contributed by atoms with E-state index in [9.17, 15) is 18.7 Å². The van der Waals surface area contributed by atoms with E-state index in [1.165, 1.54) is 25.7 Å². The summed E-state index contributed by atoms with van der Waals surface area (Å²) in [6.45, 7) is 2.13. The molecule has 0 aliphatic rings. The van der Waals surface area contributed by atoms with Crippen LogP contribution in [0.25, 0.3) is 0 Å². The molecule has 1 unspecified atom stereocenters. The average Bonchev–Trinajstić information content (AvgIpc) is 2.61. The molecule has 0 saturated carbocycles. The van der Waals surface area contributed by atoms with Crippen molar-refractivity contribution in [2.45, 2.75) is 70.3 Å². The lowest BCUT2D eigenvalue weighted by atomic mass is 10.0. The monoisotopic (exact) mass is 357 g/mol. The summed E-state index contributed by atoms with van der Waals surface area (Å²) < 4.78 is 33.0. The van der Waals surface area contributed by atoms with Crippen molar-refractivity contribution >= 4 is 11.6 Å². The number of carbonyl (C=O) groups is 1. The molecular weight excluding hydrogens is 328 g/mol. The maximum atomic E-state index is 14.0. The molecule has 0 bridgehead atoms. The van der Waals surface area contributed by atoms with Gasteiger partial charge >= 0.3 is 5.92 Å². The van der Waals surface area contributed by atoms with Crippen LogP contribution in [-0.4, -0.2) is 30.2 Å². The van der Waals surface area contributed by atoms with Gasteiger partial charge in [-0.15, -0.1) is 0 Å². The van der Waals surface area contributed by atoms with Crippen LogP contribution in [0.2, 0.25) is 0 Å². The number of rotatable bonds is 12. The van der Waals surface area contributed by atoms with Crippen molar-refractivity contribution in [2.75, 3.05) is 12.4 Å². The third-order valence-electron chi connectivity index (χ3n) is 4.15. The topological polar surface area (TPSA) is 58.6 Å². The fraction of sp³-hybridized carbons (Fsp3) is 0.632. The second kappa shape index (κ2) is 11.0. The van der Waals surface area contributed by atoms with Crippen molar-refractivity contribution in [1.82, 2.24) is 0 Å². The van der Waals surface area contributed by atoms with Crippen LogP contribution in [0.5, 0.6) is 5.75 Å². The number of carbonyl (C=O) groups excluding carboxylic acids is 1. The molecule has 0 fully saturated rings. The van der Waals surface area contributed by atoms with Crippen LogP contribution in [0, 0.1) is 0 Å². The van der Waals surface area contributed by atoms with Crippen LogP contribution < -0.4 is 10.1 Å². The number of alkyl halides is 2. The Morgan fingerprint density at radius 2 is 1.68 bits per heavy atom. The van der Waals surface area contributed by atoms with Crippen molar-refractivity contribution in [3.05, 3.63) is 24.3 Å². The van der Waals surface area contributed by atoms with E-state index in [4.69, 9.17) is 4.74 Å². The number of ether oxygens (including phenoxy) is 1. The van der Waals surface area contributed by atoms with Gasteiger partial charge in [-0.25, -0.2) is 0 Å². The number of halogens is 2. The van der Waals surface area contributed by atoms with E-state index in [0.717, 1.165) is 32.1 Å². The Hall–Kier alpha value is -1.69. The SMILES string of the molecule is CCCCCCCCCC(O)C(F)(F)C(=O)Nc1ccc(OC)cc1. The number of nitrogens with one attached hydrogen (secondary N) is 1. The van der Waals surface area contributed by atoms with E-state index in [1.54, 1.807) is 12.1 Å². The number of anilines is 1. The predicted octanol–water partition coefficient (Wildman–Crippen LogP) is 4.77. The Morgan fingerprint density at radius 3 is 2.24 bits per heavy atom. The highest BCUT2D eigenvalue weighted by atomic mass is 19.3. The number of unbranched alkanes of at least 4 members (excludes halogenated alkanes) is 6. The maximum absolute atomic E-state index is 14.0. The first-order valence-electron chi connectivity index (χ1n) is 8.93. The summed E-state index contributed by atoms with van der Waals surface area (Å²) in [5, 5.41) is 11.9. The molecule has 0 heterocycles. The van der Waals surface area contributed by atoms with Crippen LogP contribution in [-0.2, 0) is 4.79 Å². The summed E-state index contributed by atoms with van der Waals surface area (Å²) >= 11 is 0. The van der Waals surface area contributed by atoms with E-state index in [-0.39, 0.29) is 12.1 Å². The Labute approximate surface area is 148 Å². The van der Waals surface area contributed by atoms with Gasteiger partial charge in [-0.1, -0.05) is 51.9 Å². The molecule has 0 spiro atoms. The Kier molecular flexibility index (Phi) is 9.42. The van der Waals surface area contributed by atoms with Crippen LogP contribution >= 0.6 is 0 Å². The second-order valence-corrected chi connectivity index (χ2v) is 6.23. The zero-order valence-corrected chi connectivity index (χ0v) is 15.1. The largest absolute Gasteiger partial charge is 0.497 e. The van der Waals surface area contributed by atoms with E-state index in [2.05, 4.69) is 12.2 Å². The van der Waals surface area contributed by atoms with Gasteiger partial charge < -0.3 is 15.2 Å². The van der Waals surface area contributed by atoms with E-state index in [0.29, 0.717) is 12.2 Å². The Morgan fingerprint density at radius 1 is 1.12 bits per heavy atom. The number of amides is 1. The van der Waals surface area contributed by atoms with Gasteiger partial charge in [-0.05, 0) is 30.7 Å². The summed E-state index contributed by atoms with van der Waals surface area (Å²) in [5.41, 5.74) is 0.230. The van der Waals surface area contributed by atoms with Gasteiger partial charge in [0.15, 0.2) is 0 Å². The van der Waals surface area contributed by atoms with Gasteiger partial charge in [-0.3, -0.25) is 4.79 Å². The van der Waals surface area contributed by atoms with Gasteiger partial charge in [-0.2, -0.15) is 8.78 Å². The number of benzene rings is 1. The summed E-state index contributed by atoms with van der Waals surface area (Å²) in [6, 6.07) is 6.05. The first-order valence-corrected chi connectivity index (χ1v) is 8.93. The predicted molar refractivity (Wildman–Crippen MR) is 95.2 cm³/mol. The van der Waals surface area contributed by atoms with Crippen LogP contribution in [0.3, 0.4) is 0 Å². The van der Waals surface area contributed by atoms with Crippen molar-refractivity contribution < 1.29 is 23.4 Å². The van der Waals surface area contributed by atoms with Gasteiger partial charge in [0.1, 0.15) is 11.9 Å². The molecule has 1 aromatic rings. The van der Waals surface area contributed by atoms with Crippen molar-refractivity contribution in [1.29, 1.82) is 0 Å². The first kappa shape index (κ1) is 21.4. The van der Waals surface area contributed by atoms with Gasteiger partial charge in [0, 0.05) is 5.69 Å². The van der Waals surface area contributed by atoms with Crippen molar-refractivity contribution in [3.8, 4) is 5.75 Å². The number of aliphatic hydroxyl groups is 1. The minimum absolute atomic E-state index is 0.0865. The number of hydrogen-bond donors (Lipinski definition) is 2. The van der Waals surface area contributed by atoms with Crippen LogP contribution in [0.15, 0.2) is 24.3 Å². The minimum Gasteiger partial charge on any atom is -0.497 e. The fourth-order valence-electron chi connectivity index (χ4n) is 2.52.